The molecule has 1 atom stereocenters. The van der Waals surface area contributed by atoms with Gasteiger partial charge in [-0.05, 0) is 44.0 Å². The maximum atomic E-state index is 12.3. The van der Waals surface area contributed by atoms with Crippen molar-refractivity contribution >= 4 is 10.0 Å². The van der Waals surface area contributed by atoms with Crippen molar-refractivity contribution in [3.63, 3.8) is 0 Å². The summed E-state index contributed by atoms with van der Waals surface area (Å²) in [5.41, 5.74) is 2.27. The molecule has 1 fully saturated rings. The minimum Gasteiger partial charge on any atom is -0.371 e. The number of aryl methyl sites for hydroxylation is 1. The minimum atomic E-state index is -3.41. The minimum absolute atomic E-state index is 0.125. The molecule has 1 N–H and O–H groups in total. The number of sulfonamides is 1. The van der Waals surface area contributed by atoms with Gasteiger partial charge in [-0.1, -0.05) is 48.0 Å². The fourth-order valence-electron chi connectivity index (χ4n) is 3.24. The van der Waals surface area contributed by atoms with Gasteiger partial charge in [-0.25, -0.2) is 13.1 Å². The molecule has 2 aromatic carbocycles. The SMILES string of the molecule is Cc1ccc(S(=O)(=O)NCCCCN2CCOC(c3ccccc3)C2)cc1. The monoisotopic (exact) mass is 388 g/mol. The zero-order valence-corrected chi connectivity index (χ0v) is 16.6. The Kier molecular flexibility index (Phi) is 7.01. The summed E-state index contributed by atoms with van der Waals surface area (Å²) in [6.07, 6.45) is 1.90. The Morgan fingerprint density at radius 3 is 2.56 bits per heavy atom. The van der Waals surface area contributed by atoms with Gasteiger partial charge in [0.05, 0.1) is 17.6 Å². The van der Waals surface area contributed by atoms with Crippen LogP contribution in [0.3, 0.4) is 0 Å². The summed E-state index contributed by atoms with van der Waals surface area (Å²) in [6, 6.07) is 17.2. The van der Waals surface area contributed by atoms with Crippen LogP contribution in [-0.4, -0.2) is 46.1 Å². The van der Waals surface area contributed by atoms with Crippen molar-refractivity contribution in [1.29, 1.82) is 0 Å². The second kappa shape index (κ2) is 9.46. The van der Waals surface area contributed by atoms with E-state index in [-0.39, 0.29) is 6.10 Å². The largest absolute Gasteiger partial charge is 0.371 e. The smallest absolute Gasteiger partial charge is 0.240 e. The van der Waals surface area contributed by atoms with Crippen molar-refractivity contribution in [2.75, 3.05) is 32.8 Å². The van der Waals surface area contributed by atoms with Crippen molar-refractivity contribution in [3.8, 4) is 0 Å². The fourth-order valence-corrected chi connectivity index (χ4v) is 4.32. The number of hydrogen-bond donors (Lipinski definition) is 1. The molecule has 0 saturated carbocycles. The molecule has 1 unspecified atom stereocenters. The zero-order valence-electron chi connectivity index (χ0n) is 15.8. The molecule has 1 aliphatic heterocycles. The molecular weight excluding hydrogens is 360 g/mol. The predicted molar refractivity (Wildman–Crippen MR) is 107 cm³/mol. The van der Waals surface area contributed by atoms with Crippen LogP contribution in [0.1, 0.15) is 30.1 Å². The Bertz CT molecular complexity index is 807. The number of ether oxygens (including phenoxy) is 1. The van der Waals surface area contributed by atoms with Crippen molar-refractivity contribution < 1.29 is 13.2 Å². The first-order chi connectivity index (χ1) is 13.0. The van der Waals surface area contributed by atoms with E-state index >= 15 is 0 Å². The van der Waals surface area contributed by atoms with Gasteiger partial charge in [0.1, 0.15) is 0 Å². The third-order valence-electron chi connectivity index (χ3n) is 4.85. The van der Waals surface area contributed by atoms with Crippen LogP contribution in [0.5, 0.6) is 0 Å². The fraction of sp³-hybridized carbons (Fsp3) is 0.429. The van der Waals surface area contributed by atoms with Crippen LogP contribution < -0.4 is 4.72 Å². The molecule has 0 spiro atoms. The first-order valence-electron chi connectivity index (χ1n) is 9.50. The van der Waals surface area contributed by atoms with Crippen LogP contribution in [0, 0.1) is 6.92 Å². The normalized spacial score (nSPS) is 18.5. The maximum absolute atomic E-state index is 12.3. The van der Waals surface area contributed by atoms with E-state index in [1.54, 1.807) is 12.1 Å². The summed E-state index contributed by atoms with van der Waals surface area (Å²) < 4.78 is 33.1. The molecule has 0 amide bonds. The van der Waals surface area contributed by atoms with Gasteiger partial charge in [-0.2, -0.15) is 0 Å². The summed E-state index contributed by atoms with van der Waals surface area (Å²) in [6.45, 7) is 5.91. The lowest BCUT2D eigenvalue weighted by molar-refractivity contribution is -0.0303. The average Bonchev–Trinajstić information content (AvgIpc) is 2.69. The van der Waals surface area contributed by atoms with E-state index in [0.29, 0.717) is 11.4 Å². The summed E-state index contributed by atoms with van der Waals surface area (Å²) in [7, 11) is -3.41. The zero-order chi connectivity index (χ0) is 19.1. The Morgan fingerprint density at radius 1 is 1.07 bits per heavy atom. The second-order valence-corrected chi connectivity index (χ2v) is 8.76. The average molecular weight is 389 g/mol. The molecule has 1 saturated heterocycles. The third kappa shape index (κ3) is 5.87. The molecule has 6 heteroatoms. The highest BCUT2D eigenvalue weighted by atomic mass is 32.2. The van der Waals surface area contributed by atoms with E-state index < -0.39 is 10.0 Å². The van der Waals surface area contributed by atoms with E-state index in [4.69, 9.17) is 4.74 Å². The molecule has 1 heterocycles. The van der Waals surface area contributed by atoms with E-state index in [0.717, 1.165) is 44.6 Å². The highest BCUT2D eigenvalue weighted by Gasteiger charge is 2.21. The number of nitrogens with zero attached hydrogens (tertiary/aromatic N) is 1. The van der Waals surface area contributed by atoms with Gasteiger partial charge in [0.25, 0.3) is 0 Å². The van der Waals surface area contributed by atoms with Gasteiger partial charge in [0.2, 0.25) is 10.0 Å². The summed E-state index contributed by atoms with van der Waals surface area (Å²) >= 11 is 0. The van der Waals surface area contributed by atoms with E-state index in [9.17, 15) is 8.42 Å². The summed E-state index contributed by atoms with van der Waals surface area (Å²) in [4.78, 5) is 2.72. The van der Waals surface area contributed by atoms with Gasteiger partial charge < -0.3 is 4.74 Å². The molecule has 0 aliphatic carbocycles. The molecular formula is C21H28N2O3S. The Labute approximate surface area is 162 Å². The number of nitrogens with one attached hydrogen (secondary N) is 1. The first kappa shape index (κ1) is 20.0. The number of unbranched alkanes of at least 4 members (excludes halogenated alkanes) is 1. The quantitative estimate of drug-likeness (QED) is 0.706. The lowest BCUT2D eigenvalue weighted by atomic mass is 10.1. The number of hydrogen-bond acceptors (Lipinski definition) is 4. The highest BCUT2D eigenvalue weighted by molar-refractivity contribution is 7.89. The van der Waals surface area contributed by atoms with Crippen LogP contribution in [-0.2, 0) is 14.8 Å². The topological polar surface area (TPSA) is 58.6 Å². The lowest BCUT2D eigenvalue weighted by Crippen LogP contribution is -2.39. The van der Waals surface area contributed by atoms with E-state index in [1.807, 2.05) is 37.3 Å². The van der Waals surface area contributed by atoms with Crippen molar-refractivity contribution in [3.05, 3.63) is 65.7 Å². The number of rotatable bonds is 8. The van der Waals surface area contributed by atoms with E-state index in [2.05, 4.69) is 21.8 Å². The Balaban J connectivity index is 1.39. The number of benzene rings is 2. The molecule has 27 heavy (non-hydrogen) atoms. The van der Waals surface area contributed by atoms with Crippen LogP contribution in [0.2, 0.25) is 0 Å². The Morgan fingerprint density at radius 2 is 1.81 bits per heavy atom. The van der Waals surface area contributed by atoms with Gasteiger partial charge in [0.15, 0.2) is 0 Å². The summed E-state index contributed by atoms with van der Waals surface area (Å²) in [5.74, 6) is 0. The third-order valence-corrected chi connectivity index (χ3v) is 6.32. The van der Waals surface area contributed by atoms with Crippen LogP contribution in [0.4, 0.5) is 0 Å². The van der Waals surface area contributed by atoms with Gasteiger partial charge >= 0.3 is 0 Å². The predicted octanol–water partition coefficient (Wildman–Crippen LogP) is 3.13. The summed E-state index contributed by atoms with van der Waals surface area (Å²) in [5, 5.41) is 0. The molecule has 0 radical (unpaired) electrons. The van der Waals surface area contributed by atoms with Crippen molar-refractivity contribution in [1.82, 2.24) is 9.62 Å². The molecule has 2 aromatic rings. The Hall–Kier alpha value is -1.73. The molecule has 146 valence electrons. The van der Waals surface area contributed by atoms with Crippen LogP contribution in [0.15, 0.2) is 59.5 Å². The van der Waals surface area contributed by atoms with Crippen molar-refractivity contribution in [2.45, 2.75) is 30.8 Å². The molecule has 3 rings (SSSR count). The molecule has 0 bridgehead atoms. The van der Waals surface area contributed by atoms with Crippen LogP contribution in [0.25, 0.3) is 0 Å². The molecule has 1 aliphatic rings. The van der Waals surface area contributed by atoms with Gasteiger partial charge in [-0.15, -0.1) is 0 Å². The van der Waals surface area contributed by atoms with Crippen molar-refractivity contribution in [2.24, 2.45) is 0 Å². The van der Waals surface area contributed by atoms with Crippen LogP contribution >= 0.6 is 0 Å². The lowest BCUT2D eigenvalue weighted by Gasteiger charge is -2.33. The first-order valence-corrected chi connectivity index (χ1v) is 11.0. The standard InChI is InChI=1S/C21H28N2O3S/c1-18-9-11-20(12-10-18)27(24,25)22-13-5-6-14-23-15-16-26-21(17-23)19-7-3-2-4-8-19/h2-4,7-12,21-22H,5-6,13-17H2,1H3. The number of morpholine rings is 1. The van der Waals surface area contributed by atoms with E-state index in [1.165, 1.54) is 5.56 Å². The highest BCUT2D eigenvalue weighted by Crippen LogP contribution is 2.22. The molecule has 0 aromatic heterocycles. The van der Waals surface area contributed by atoms with Gasteiger partial charge in [-0.3, -0.25) is 4.90 Å². The second-order valence-electron chi connectivity index (χ2n) is 6.99. The van der Waals surface area contributed by atoms with Gasteiger partial charge in [0, 0.05) is 19.6 Å². The maximum Gasteiger partial charge on any atom is 0.240 e. The molecule has 5 nitrogen and oxygen atoms in total.